The zero-order valence-electron chi connectivity index (χ0n) is 13.0. The van der Waals surface area contributed by atoms with Gasteiger partial charge in [0.15, 0.2) is 0 Å². The van der Waals surface area contributed by atoms with E-state index in [-0.39, 0.29) is 0 Å². The van der Waals surface area contributed by atoms with Crippen molar-refractivity contribution in [3.63, 3.8) is 0 Å². The minimum atomic E-state index is 0.764. The van der Waals surface area contributed by atoms with Crippen molar-refractivity contribution in [3.8, 4) is 22.5 Å². The average Bonchev–Trinajstić information content (AvgIpc) is 3.35. The van der Waals surface area contributed by atoms with Gasteiger partial charge in [0.05, 0.1) is 11.9 Å². The second-order valence-electron chi connectivity index (χ2n) is 5.19. The van der Waals surface area contributed by atoms with E-state index < -0.39 is 0 Å². The molecule has 0 unspecified atom stereocenters. The molecule has 4 rings (SSSR count). The molecule has 7 heteroatoms. The minimum Gasteiger partial charge on any atom is -0.253 e. The Kier molecular flexibility index (Phi) is 4.58. The van der Waals surface area contributed by atoms with Crippen molar-refractivity contribution < 1.29 is 0 Å². The summed E-state index contributed by atoms with van der Waals surface area (Å²) in [7, 11) is 0. The van der Waals surface area contributed by atoms with Crippen LogP contribution in [0.2, 0.25) is 0 Å². The van der Waals surface area contributed by atoms with Gasteiger partial charge in [0.25, 0.3) is 0 Å². The van der Waals surface area contributed by atoms with Crippen LogP contribution in [0, 0.1) is 0 Å². The third kappa shape index (κ3) is 3.78. The van der Waals surface area contributed by atoms with Gasteiger partial charge >= 0.3 is 0 Å². The normalized spacial score (nSPS) is 11.0. The maximum atomic E-state index is 4.54. The Morgan fingerprint density at radius 3 is 2.44 bits per heavy atom. The van der Waals surface area contributed by atoms with Gasteiger partial charge in [0.2, 0.25) is 5.13 Å². The smallest absolute Gasteiger partial charge is 0.203 e. The maximum Gasteiger partial charge on any atom is 0.203 e. The lowest BCUT2D eigenvalue weighted by Crippen LogP contribution is -1.90. The number of hydrogen-bond donors (Lipinski definition) is 1. The number of nitrogens with zero attached hydrogens (tertiary/aromatic N) is 4. The van der Waals surface area contributed by atoms with Crippen molar-refractivity contribution in [2.24, 2.45) is 5.10 Å². The van der Waals surface area contributed by atoms with Gasteiger partial charge in [-0.3, -0.25) is 5.43 Å². The third-order valence-corrected chi connectivity index (χ3v) is 4.77. The Labute approximate surface area is 152 Å². The van der Waals surface area contributed by atoms with Crippen LogP contribution in [0.1, 0.15) is 5.56 Å². The molecule has 0 aliphatic heterocycles. The standard InChI is InChI=1S/C18H13N5S2/c1-2-4-14(5-3-1)16-11-24-18(20-16)22-19-10-13-6-8-15(9-7-13)17-12-25-23-21-17/h1-12H,(H,20,22). The molecule has 0 fully saturated rings. The number of anilines is 1. The highest BCUT2D eigenvalue weighted by atomic mass is 32.1. The van der Waals surface area contributed by atoms with E-state index in [2.05, 4.69) is 25.1 Å². The molecule has 0 radical (unpaired) electrons. The third-order valence-electron chi connectivity index (χ3n) is 3.51. The van der Waals surface area contributed by atoms with Crippen molar-refractivity contribution in [3.05, 3.63) is 70.9 Å². The van der Waals surface area contributed by atoms with E-state index in [0.717, 1.165) is 33.2 Å². The highest BCUT2D eigenvalue weighted by Crippen LogP contribution is 2.24. The van der Waals surface area contributed by atoms with Crippen LogP contribution in [0.5, 0.6) is 0 Å². The highest BCUT2D eigenvalue weighted by molar-refractivity contribution is 7.14. The van der Waals surface area contributed by atoms with Gasteiger partial charge in [-0.25, -0.2) is 4.98 Å². The second kappa shape index (κ2) is 7.33. The Bertz CT molecular complexity index is 960. The van der Waals surface area contributed by atoms with E-state index in [1.807, 2.05) is 65.4 Å². The topological polar surface area (TPSA) is 63.1 Å². The first-order valence-corrected chi connectivity index (χ1v) is 9.28. The van der Waals surface area contributed by atoms with Crippen molar-refractivity contribution >= 4 is 34.2 Å². The van der Waals surface area contributed by atoms with E-state index in [1.165, 1.54) is 22.9 Å². The molecule has 0 aliphatic carbocycles. The molecule has 1 N–H and O–H groups in total. The summed E-state index contributed by atoms with van der Waals surface area (Å²) in [6.45, 7) is 0. The number of nitrogens with one attached hydrogen (secondary N) is 1. The lowest BCUT2D eigenvalue weighted by Gasteiger charge is -1.98. The van der Waals surface area contributed by atoms with Gasteiger partial charge in [-0.1, -0.05) is 59.1 Å². The van der Waals surface area contributed by atoms with E-state index in [0.29, 0.717) is 0 Å². The number of rotatable bonds is 5. The van der Waals surface area contributed by atoms with Gasteiger partial charge in [0, 0.05) is 21.9 Å². The van der Waals surface area contributed by atoms with Crippen LogP contribution in [0.25, 0.3) is 22.5 Å². The predicted molar refractivity (Wildman–Crippen MR) is 104 cm³/mol. The summed E-state index contributed by atoms with van der Waals surface area (Å²) in [5.74, 6) is 0. The fraction of sp³-hybridized carbons (Fsp3) is 0. The number of thiazole rings is 1. The summed E-state index contributed by atoms with van der Waals surface area (Å²) in [6, 6.07) is 18.1. The van der Waals surface area contributed by atoms with Crippen LogP contribution in [0.3, 0.4) is 0 Å². The van der Waals surface area contributed by atoms with Crippen LogP contribution in [-0.4, -0.2) is 20.8 Å². The van der Waals surface area contributed by atoms with Crippen molar-refractivity contribution in [1.82, 2.24) is 14.6 Å². The van der Waals surface area contributed by atoms with E-state index in [4.69, 9.17) is 0 Å². The first-order valence-electron chi connectivity index (χ1n) is 7.56. The molecule has 0 atom stereocenters. The van der Waals surface area contributed by atoms with E-state index >= 15 is 0 Å². The summed E-state index contributed by atoms with van der Waals surface area (Å²) in [5.41, 5.74) is 7.97. The lowest BCUT2D eigenvalue weighted by atomic mass is 10.1. The Hall–Kier alpha value is -2.90. The molecule has 0 amide bonds. The summed E-state index contributed by atoms with van der Waals surface area (Å²) < 4.78 is 3.88. The molecule has 2 aromatic heterocycles. The predicted octanol–water partition coefficient (Wildman–Crippen LogP) is 4.77. The molecule has 2 heterocycles. The Morgan fingerprint density at radius 2 is 1.68 bits per heavy atom. The molecule has 25 heavy (non-hydrogen) atoms. The number of hydrogen-bond acceptors (Lipinski definition) is 7. The van der Waals surface area contributed by atoms with Gasteiger partial charge in [-0.15, -0.1) is 16.4 Å². The maximum absolute atomic E-state index is 4.54. The first-order chi connectivity index (χ1) is 12.4. The summed E-state index contributed by atoms with van der Waals surface area (Å²) in [6.07, 6.45) is 1.77. The zero-order chi connectivity index (χ0) is 16.9. The van der Waals surface area contributed by atoms with E-state index in [9.17, 15) is 0 Å². The van der Waals surface area contributed by atoms with Crippen LogP contribution in [-0.2, 0) is 0 Å². The summed E-state index contributed by atoms with van der Waals surface area (Å²) in [4.78, 5) is 4.54. The SMILES string of the molecule is C(=NNc1nc(-c2ccccc2)cs1)c1ccc(-c2csnn2)cc1. The largest absolute Gasteiger partial charge is 0.253 e. The van der Waals surface area contributed by atoms with Gasteiger partial charge in [-0.2, -0.15) is 5.10 Å². The van der Waals surface area contributed by atoms with Crippen LogP contribution in [0.15, 0.2) is 70.5 Å². The quantitative estimate of drug-likeness (QED) is 0.410. The van der Waals surface area contributed by atoms with Crippen molar-refractivity contribution in [2.75, 3.05) is 5.43 Å². The van der Waals surface area contributed by atoms with Crippen LogP contribution in [0.4, 0.5) is 5.13 Å². The molecular formula is C18H13N5S2. The van der Waals surface area contributed by atoms with Crippen LogP contribution < -0.4 is 5.43 Å². The van der Waals surface area contributed by atoms with Crippen LogP contribution >= 0.6 is 22.9 Å². The fourth-order valence-corrected chi connectivity index (χ4v) is 3.39. The lowest BCUT2D eigenvalue weighted by molar-refractivity contribution is 1.16. The van der Waals surface area contributed by atoms with E-state index in [1.54, 1.807) is 6.21 Å². The monoisotopic (exact) mass is 363 g/mol. The Balaban J connectivity index is 1.40. The number of hydrazone groups is 1. The van der Waals surface area contributed by atoms with Gasteiger partial charge in [0.1, 0.15) is 5.69 Å². The number of benzene rings is 2. The molecule has 2 aromatic carbocycles. The van der Waals surface area contributed by atoms with Gasteiger partial charge in [-0.05, 0) is 17.1 Å². The second-order valence-corrected chi connectivity index (χ2v) is 6.65. The molecule has 0 saturated heterocycles. The molecule has 0 spiro atoms. The molecule has 0 saturated carbocycles. The first kappa shape index (κ1) is 15.6. The molecule has 0 bridgehead atoms. The fourth-order valence-electron chi connectivity index (χ4n) is 2.26. The molecular weight excluding hydrogens is 350 g/mol. The van der Waals surface area contributed by atoms with Crippen molar-refractivity contribution in [2.45, 2.75) is 0 Å². The number of aromatic nitrogens is 3. The molecule has 122 valence electrons. The minimum absolute atomic E-state index is 0.764. The zero-order valence-corrected chi connectivity index (χ0v) is 14.7. The van der Waals surface area contributed by atoms with Gasteiger partial charge < -0.3 is 0 Å². The molecule has 5 nitrogen and oxygen atoms in total. The Morgan fingerprint density at radius 1 is 0.880 bits per heavy atom. The average molecular weight is 363 g/mol. The molecule has 4 aromatic rings. The highest BCUT2D eigenvalue weighted by Gasteiger charge is 2.03. The summed E-state index contributed by atoms with van der Waals surface area (Å²) >= 11 is 2.88. The molecule has 0 aliphatic rings. The summed E-state index contributed by atoms with van der Waals surface area (Å²) in [5, 5.41) is 13.0. The van der Waals surface area contributed by atoms with Crippen molar-refractivity contribution in [1.29, 1.82) is 0 Å².